The molecule has 2 N–H and O–H groups in total. The molecule has 1 amide bonds. The molecule has 1 aliphatic carbocycles. The second kappa shape index (κ2) is 10.9. The van der Waals surface area contributed by atoms with Crippen molar-refractivity contribution in [2.24, 2.45) is 7.05 Å². The Labute approximate surface area is 244 Å². The highest BCUT2D eigenvalue weighted by molar-refractivity contribution is 14.1. The largest absolute Gasteiger partial charge is 0.338 e. The Morgan fingerprint density at radius 1 is 1.15 bits per heavy atom. The van der Waals surface area contributed by atoms with Crippen molar-refractivity contribution in [1.29, 1.82) is 0 Å². The second-order valence-corrected chi connectivity index (χ2v) is 11.0. The maximum absolute atomic E-state index is 14.9. The van der Waals surface area contributed by atoms with Crippen LogP contribution in [0.15, 0.2) is 56.8 Å². The van der Waals surface area contributed by atoms with Gasteiger partial charge in [0.05, 0.1) is 23.3 Å². The van der Waals surface area contributed by atoms with Gasteiger partial charge in [-0.2, -0.15) is 0 Å². The summed E-state index contributed by atoms with van der Waals surface area (Å²) < 4.78 is 19.1. The van der Waals surface area contributed by atoms with E-state index >= 15 is 0 Å². The van der Waals surface area contributed by atoms with Gasteiger partial charge in [0.2, 0.25) is 12.5 Å². The Kier molecular flexibility index (Phi) is 7.50. The first kappa shape index (κ1) is 28.2. The maximum atomic E-state index is 14.9. The van der Waals surface area contributed by atoms with E-state index in [0.29, 0.717) is 16.4 Å². The molecule has 0 unspecified atom stereocenters. The number of carbonyl (C=O) groups is 1. The number of aromatic nitrogens is 3. The van der Waals surface area contributed by atoms with Crippen LogP contribution in [0.25, 0.3) is 16.6 Å². The number of hydrogen-bond acceptors (Lipinski definition) is 7. The number of nitrogens with zero attached hydrogens (tertiary/aromatic N) is 4. The summed E-state index contributed by atoms with van der Waals surface area (Å²) in [5.74, 6) is -1.15. The molecule has 0 saturated heterocycles. The van der Waals surface area contributed by atoms with Crippen LogP contribution < -0.4 is 27.4 Å². The van der Waals surface area contributed by atoms with Crippen molar-refractivity contribution in [2.75, 3.05) is 17.2 Å². The Morgan fingerprint density at radius 3 is 2.54 bits per heavy atom. The maximum Gasteiger partial charge on any atom is 0.336 e. The lowest BCUT2D eigenvalue weighted by molar-refractivity contribution is -0.478. The van der Waals surface area contributed by atoms with Gasteiger partial charge in [-0.3, -0.25) is 38.2 Å². The molecule has 5 rings (SSSR count). The number of halogens is 2. The predicted molar refractivity (Wildman–Crippen MR) is 160 cm³/mol. The van der Waals surface area contributed by atoms with E-state index in [-0.39, 0.29) is 51.8 Å². The van der Waals surface area contributed by atoms with E-state index in [1.165, 1.54) is 41.3 Å². The summed E-state index contributed by atoms with van der Waals surface area (Å²) in [4.78, 5) is 63.5. The predicted octanol–water partition coefficient (Wildman–Crippen LogP) is 3.59. The molecule has 0 radical (unpaired) electrons. The van der Waals surface area contributed by atoms with E-state index in [0.717, 1.165) is 4.57 Å². The molecule has 14 heteroatoms. The molecule has 1 fully saturated rings. The first-order chi connectivity index (χ1) is 19.5. The van der Waals surface area contributed by atoms with Crippen molar-refractivity contribution in [2.45, 2.75) is 32.2 Å². The van der Waals surface area contributed by atoms with Crippen LogP contribution in [0, 0.1) is 26.4 Å². The molecular formula is C27H24FIN6O6. The molecule has 0 spiro atoms. The minimum Gasteiger partial charge on any atom is -0.338 e. The zero-order valence-corrected chi connectivity index (χ0v) is 24.1. The summed E-state index contributed by atoms with van der Waals surface area (Å²) >= 11 is 1.97. The van der Waals surface area contributed by atoms with E-state index in [9.17, 15) is 33.7 Å². The highest BCUT2D eigenvalue weighted by Crippen LogP contribution is 2.34. The van der Waals surface area contributed by atoms with Crippen LogP contribution in [-0.4, -0.2) is 31.1 Å². The third kappa shape index (κ3) is 5.38. The number of pyridine rings is 1. The van der Waals surface area contributed by atoms with Crippen LogP contribution in [0.5, 0.6) is 0 Å². The van der Waals surface area contributed by atoms with Crippen LogP contribution >= 0.6 is 22.6 Å². The first-order valence-electron chi connectivity index (χ1n) is 12.6. The van der Waals surface area contributed by atoms with Gasteiger partial charge in [-0.15, -0.1) is 0 Å². The summed E-state index contributed by atoms with van der Waals surface area (Å²) in [5.41, 5.74) is -1.05. The van der Waals surface area contributed by atoms with E-state index in [2.05, 4.69) is 10.6 Å². The minimum absolute atomic E-state index is 0.0214. The monoisotopic (exact) mass is 674 g/mol. The standard InChI is InChI=1S/C27H24FIN6O6/c1-14-23-22(24(32(2)25(14)37)31-20-9-6-15(29)12-19(20)28)26(38)35(17-7-8-17)27(39)34(23)18-5-3-4-16(13-18)30-21(36)10-11-33(40)41/h3-6,9,12-13,17,31H,7-8,10-11H2,1-2H3,(H,30,36). The van der Waals surface area contributed by atoms with Gasteiger partial charge in [0, 0.05) is 32.8 Å². The number of benzene rings is 2. The van der Waals surface area contributed by atoms with E-state index < -0.39 is 40.0 Å². The minimum atomic E-state index is -0.662. The molecule has 2 heterocycles. The van der Waals surface area contributed by atoms with Gasteiger partial charge in [0.15, 0.2) is 0 Å². The van der Waals surface area contributed by atoms with Crippen molar-refractivity contribution in [3.63, 3.8) is 0 Å². The molecule has 1 saturated carbocycles. The van der Waals surface area contributed by atoms with E-state index in [4.69, 9.17) is 0 Å². The number of rotatable bonds is 8. The highest BCUT2D eigenvalue weighted by Gasteiger charge is 2.31. The summed E-state index contributed by atoms with van der Waals surface area (Å²) in [6.07, 6.45) is 0.894. The molecular weight excluding hydrogens is 650 g/mol. The normalized spacial score (nSPS) is 12.9. The van der Waals surface area contributed by atoms with Crippen LogP contribution in [0.2, 0.25) is 0 Å². The summed E-state index contributed by atoms with van der Waals surface area (Å²) in [6.45, 7) is 0.960. The fourth-order valence-corrected chi connectivity index (χ4v) is 5.17. The number of hydrogen-bond donors (Lipinski definition) is 2. The van der Waals surface area contributed by atoms with Crippen molar-refractivity contribution in [1.82, 2.24) is 13.7 Å². The molecule has 212 valence electrons. The fourth-order valence-electron chi connectivity index (χ4n) is 4.71. The fraction of sp³-hybridized carbons (Fsp3) is 0.259. The topological polar surface area (TPSA) is 150 Å². The molecule has 0 atom stereocenters. The molecule has 41 heavy (non-hydrogen) atoms. The first-order valence-corrected chi connectivity index (χ1v) is 13.7. The Bertz CT molecular complexity index is 1930. The lowest BCUT2D eigenvalue weighted by Gasteiger charge is -2.21. The third-order valence-electron chi connectivity index (χ3n) is 6.85. The zero-order valence-electron chi connectivity index (χ0n) is 21.9. The van der Waals surface area contributed by atoms with Gasteiger partial charge >= 0.3 is 5.69 Å². The lowest BCUT2D eigenvalue weighted by Crippen LogP contribution is -2.41. The van der Waals surface area contributed by atoms with Crippen LogP contribution in [0.3, 0.4) is 0 Å². The number of anilines is 3. The van der Waals surface area contributed by atoms with Crippen molar-refractivity contribution >= 4 is 56.6 Å². The average Bonchev–Trinajstić information content (AvgIpc) is 3.75. The van der Waals surface area contributed by atoms with Gasteiger partial charge in [0.25, 0.3) is 11.1 Å². The van der Waals surface area contributed by atoms with Crippen LogP contribution in [0.1, 0.15) is 30.9 Å². The van der Waals surface area contributed by atoms with E-state index in [1.807, 2.05) is 22.6 Å². The Balaban J connectivity index is 1.77. The number of nitro groups is 1. The van der Waals surface area contributed by atoms with Gasteiger partial charge in [-0.05, 0) is 78.8 Å². The van der Waals surface area contributed by atoms with E-state index in [1.54, 1.807) is 24.3 Å². The van der Waals surface area contributed by atoms with Gasteiger partial charge in [-0.1, -0.05) is 6.07 Å². The number of fused-ring (bicyclic) bond motifs is 1. The molecule has 0 bridgehead atoms. The smallest absolute Gasteiger partial charge is 0.336 e. The van der Waals surface area contributed by atoms with Gasteiger partial charge in [-0.25, -0.2) is 9.18 Å². The summed E-state index contributed by atoms with van der Waals surface area (Å²) in [5, 5.41) is 16.2. The van der Waals surface area contributed by atoms with Crippen LogP contribution in [-0.2, 0) is 11.8 Å². The van der Waals surface area contributed by atoms with Crippen molar-refractivity contribution in [3.8, 4) is 5.69 Å². The Morgan fingerprint density at radius 2 is 1.88 bits per heavy atom. The molecule has 4 aromatic rings. The number of aryl methyl sites for hydroxylation is 1. The quantitative estimate of drug-likeness (QED) is 0.165. The number of carbonyl (C=O) groups excluding carboxylic acids is 1. The molecule has 2 aromatic carbocycles. The number of nitrogens with one attached hydrogen (secondary N) is 2. The highest BCUT2D eigenvalue weighted by atomic mass is 127. The van der Waals surface area contributed by atoms with Gasteiger partial charge in [0.1, 0.15) is 17.0 Å². The SMILES string of the molecule is Cc1c(=O)n(C)c(Nc2ccc(I)cc2F)c2c(=O)n(C3CC3)c(=O)n(-c3cccc(NC(=O)CC[N+](=O)[O-])c3)c12. The van der Waals surface area contributed by atoms with Crippen molar-refractivity contribution < 1.29 is 14.1 Å². The zero-order chi connectivity index (χ0) is 29.6. The second-order valence-electron chi connectivity index (χ2n) is 9.74. The average molecular weight is 674 g/mol. The molecule has 2 aromatic heterocycles. The van der Waals surface area contributed by atoms with Gasteiger partial charge < -0.3 is 10.6 Å². The molecule has 1 aliphatic rings. The summed E-state index contributed by atoms with van der Waals surface area (Å²) in [7, 11) is 1.46. The number of amides is 1. The summed E-state index contributed by atoms with van der Waals surface area (Å²) in [6, 6.07) is 10.3. The lowest BCUT2D eigenvalue weighted by atomic mass is 10.1. The third-order valence-corrected chi connectivity index (χ3v) is 7.52. The van der Waals surface area contributed by atoms with Crippen LogP contribution in [0.4, 0.5) is 21.6 Å². The molecule has 12 nitrogen and oxygen atoms in total. The Hall–Kier alpha value is -4.34. The molecule has 0 aliphatic heterocycles. The van der Waals surface area contributed by atoms with Crippen molar-refractivity contribution in [3.05, 3.63) is 98.7 Å².